The first-order valence-electron chi connectivity index (χ1n) is 3.88. The Bertz CT molecular complexity index is 153. The minimum Gasteiger partial charge on any atom is -0.296 e. The van der Waals surface area contributed by atoms with E-state index in [0.29, 0.717) is 13.2 Å². The molecule has 5 nitrogen and oxygen atoms in total. The molecule has 0 heterocycles. The summed E-state index contributed by atoms with van der Waals surface area (Å²) in [6, 6.07) is 0. The third-order valence-corrected chi connectivity index (χ3v) is 2.76. The van der Waals surface area contributed by atoms with E-state index >= 15 is 0 Å². The SMILES string of the molecule is CCOP(=O)(NN(C)C)OCC. The quantitative estimate of drug-likeness (QED) is 0.511. The molecule has 0 rings (SSSR count). The summed E-state index contributed by atoms with van der Waals surface area (Å²) >= 11 is 0. The van der Waals surface area contributed by atoms with Crippen molar-refractivity contribution in [3.05, 3.63) is 0 Å². The molecular weight excluding hydrogens is 179 g/mol. The average Bonchev–Trinajstić information content (AvgIpc) is 1.85. The molecule has 0 bridgehead atoms. The molecule has 74 valence electrons. The van der Waals surface area contributed by atoms with E-state index in [2.05, 4.69) is 5.20 Å². The third-order valence-electron chi connectivity index (χ3n) is 0.921. The van der Waals surface area contributed by atoms with Crippen LogP contribution in [0.5, 0.6) is 0 Å². The van der Waals surface area contributed by atoms with E-state index in [-0.39, 0.29) is 0 Å². The van der Waals surface area contributed by atoms with Crippen molar-refractivity contribution in [2.75, 3.05) is 27.3 Å². The van der Waals surface area contributed by atoms with Crippen molar-refractivity contribution in [2.24, 2.45) is 0 Å². The molecule has 0 atom stereocenters. The molecule has 0 aliphatic rings. The van der Waals surface area contributed by atoms with E-state index < -0.39 is 7.75 Å². The van der Waals surface area contributed by atoms with Crippen LogP contribution < -0.4 is 5.20 Å². The summed E-state index contributed by atoms with van der Waals surface area (Å²) < 4.78 is 21.5. The van der Waals surface area contributed by atoms with Crippen molar-refractivity contribution in [2.45, 2.75) is 13.8 Å². The zero-order valence-electron chi connectivity index (χ0n) is 8.03. The van der Waals surface area contributed by atoms with Crippen LogP contribution in [0, 0.1) is 0 Å². The highest BCUT2D eigenvalue weighted by molar-refractivity contribution is 7.51. The first-order valence-corrected chi connectivity index (χ1v) is 5.42. The van der Waals surface area contributed by atoms with Gasteiger partial charge in [-0.3, -0.25) is 9.05 Å². The van der Waals surface area contributed by atoms with Crippen LogP contribution in [-0.4, -0.2) is 32.3 Å². The Balaban J connectivity index is 4.08. The van der Waals surface area contributed by atoms with Gasteiger partial charge in [0.15, 0.2) is 0 Å². The Kier molecular flexibility index (Phi) is 5.70. The van der Waals surface area contributed by atoms with Gasteiger partial charge < -0.3 is 0 Å². The molecule has 0 amide bonds. The van der Waals surface area contributed by atoms with Crippen LogP contribution in [0.4, 0.5) is 0 Å². The van der Waals surface area contributed by atoms with E-state index in [1.807, 2.05) is 0 Å². The minimum atomic E-state index is -3.10. The van der Waals surface area contributed by atoms with Crippen molar-refractivity contribution >= 4 is 7.75 Å². The predicted molar refractivity (Wildman–Crippen MR) is 47.7 cm³/mol. The predicted octanol–water partition coefficient (Wildman–Crippen LogP) is 1.23. The first kappa shape index (κ1) is 12.1. The maximum Gasteiger partial charge on any atom is 0.419 e. The third kappa shape index (κ3) is 4.85. The molecule has 0 saturated carbocycles. The molecule has 1 N–H and O–H groups in total. The summed E-state index contributed by atoms with van der Waals surface area (Å²) in [6.07, 6.45) is 0. The van der Waals surface area contributed by atoms with E-state index in [4.69, 9.17) is 9.05 Å². The number of nitrogens with one attached hydrogen (secondary N) is 1. The van der Waals surface area contributed by atoms with Crippen molar-refractivity contribution < 1.29 is 13.6 Å². The number of hydrogen-bond donors (Lipinski definition) is 1. The Morgan fingerprint density at radius 2 is 1.67 bits per heavy atom. The second-order valence-corrected chi connectivity index (χ2v) is 4.04. The van der Waals surface area contributed by atoms with Crippen LogP contribution in [0.2, 0.25) is 0 Å². The van der Waals surface area contributed by atoms with Crippen LogP contribution >= 0.6 is 7.75 Å². The lowest BCUT2D eigenvalue weighted by Crippen LogP contribution is -2.29. The van der Waals surface area contributed by atoms with E-state index in [1.165, 1.54) is 0 Å². The second-order valence-electron chi connectivity index (χ2n) is 2.33. The van der Waals surface area contributed by atoms with E-state index in [1.54, 1.807) is 33.0 Å². The van der Waals surface area contributed by atoms with Gasteiger partial charge in [0, 0.05) is 14.1 Å². The van der Waals surface area contributed by atoms with E-state index in [0.717, 1.165) is 0 Å². The minimum absolute atomic E-state index is 0.359. The molecule has 0 unspecified atom stereocenters. The Hall–Kier alpha value is 0.0700. The topological polar surface area (TPSA) is 50.8 Å². The Labute approximate surface area is 73.6 Å². The highest BCUT2D eigenvalue weighted by atomic mass is 31.2. The summed E-state index contributed by atoms with van der Waals surface area (Å²) in [5.74, 6) is 0. The van der Waals surface area contributed by atoms with Gasteiger partial charge in [-0.2, -0.15) is 5.20 Å². The average molecular weight is 196 g/mol. The molecule has 0 aliphatic heterocycles. The first-order chi connectivity index (χ1) is 5.54. The fourth-order valence-electron chi connectivity index (χ4n) is 0.680. The van der Waals surface area contributed by atoms with Gasteiger partial charge in [-0.15, -0.1) is 0 Å². The molecule has 0 spiro atoms. The lowest BCUT2D eigenvalue weighted by Gasteiger charge is -2.21. The van der Waals surface area contributed by atoms with Gasteiger partial charge in [0.2, 0.25) is 0 Å². The fraction of sp³-hybridized carbons (Fsp3) is 1.00. The molecule has 0 fully saturated rings. The Morgan fingerprint density at radius 1 is 1.25 bits per heavy atom. The normalized spacial score (nSPS) is 12.4. The summed E-state index contributed by atoms with van der Waals surface area (Å²) in [5.41, 5.74) is 0. The largest absolute Gasteiger partial charge is 0.419 e. The standard InChI is InChI=1S/C6H17N2O3P/c1-5-10-12(9,11-6-2)7-8(3)4/h5-6H2,1-4H3,(H,7,9). The smallest absolute Gasteiger partial charge is 0.296 e. The van der Waals surface area contributed by atoms with Crippen LogP contribution in [0.1, 0.15) is 13.8 Å². The molecule has 0 aromatic rings. The monoisotopic (exact) mass is 196 g/mol. The van der Waals surface area contributed by atoms with Gasteiger partial charge in [-0.05, 0) is 13.8 Å². The fourth-order valence-corrected chi connectivity index (χ4v) is 2.04. The highest BCUT2D eigenvalue weighted by Gasteiger charge is 2.23. The maximum atomic E-state index is 11.6. The maximum absolute atomic E-state index is 11.6. The summed E-state index contributed by atoms with van der Waals surface area (Å²) in [4.78, 5) is 0. The van der Waals surface area contributed by atoms with Crippen molar-refractivity contribution in [1.29, 1.82) is 0 Å². The van der Waals surface area contributed by atoms with Gasteiger partial charge in [0.1, 0.15) is 0 Å². The number of hydrogen-bond acceptors (Lipinski definition) is 4. The zero-order valence-corrected chi connectivity index (χ0v) is 8.93. The summed E-state index contributed by atoms with van der Waals surface area (Å²) in [6.45, 7) is 4.25. The second kappa shape index (κ2) is 5.67. The van der Waals surface area contributed by atoms with Crippen LogP contribution in [-0.2, 0) is 13.6 Å². The van der Waals surface area contributed by atoms with Crippen LogP contribution in [0.3, 0.4) is 0 Å². The zero-order chi connectivity index (χ0) is 9.61. The molecule has 0 aromatic heterocycles. The number of hydrazine groups is 1. The summed E-state index contributed by atoms with van der Waals surface area (Å²) in [5, 5.41) is 4.15. The Morgan fingerprint density at radius 3 is 1.92 bits per heavy atom. The molecular formula is C6H17N2O3P. The molecule has 0 saturated heterocycles. The molecule has 6 heteroatoms. The molecule has 0 aromatic carbocycles. The van der Waals surface area contributed by atoms with Crippen LogP contribution in [0.25, 0.3) is 0 Å². The van der Waals surface area contributed by atoms with Crippen molar-refractivity contribution in [1.82, 2.24) is 10.2 Å². The van der Waals surface area contributed by atoms with Gasteiger partial charge in [0.05, 0.1) is 13.2 Å². The molecule has 0 radical (unpaired) electrons. The molecule has 0 aliphatic carbocycles. The molecule has 12 heavy (non-hydrogen) atoms. The van der Waals surface area contributed by atoms with Crippen LogP contribution in [0.15, 0.2) is 0 Å². The lowest BCUT2D eigenvalue weighted by atomic mass is 10.9. The number of nitrogens with zero attached hydrogens (tertiary/aromatic N) is 1. The highest BCUT2D eigenvalue weighted by Crippen LogP contribution is 2.43. The van der Waals surface area contributed by atoms with Crippen molar-refractivity contribution in [3.63, 3.8) is 0 Å². The van der Waals surface area contributed by atoms with Gasteiger partial charge >= 0.3 is 7.75 Å². The van der Waals surface area contributed by atoms with Gasteiger partial charge in [0.25, 0.3) is 0 Å². The van der Waals surface area contributed by atoms with Crippen molar-refractivity contribution in [3.8, 4) is 0 Å². The number of rotatable bonds is 6. The lowest BCUT2D eigenvalue weighted by molar-refractivity contribution is 0.183. The van der Waals surface area contributed by atoms with Gasteiger partial charge in [-0.1, -0.05) is 0 Å². The van der Waals surface area contributed by atoms with Gasteiger partial charge in [-0.25, -0.2) is 9.57 Å². The van der Waals surface area contributed by atoms with E-state index in [9.17, 15) is 4.57 Å². The summed E-state index contributed by atoms with van der Waals surface area (Å²) in [7, 11) is 0.354.